The molecular formula is C68H85BN4O2. The molecule has 3 aliphatic heterocycles. The van der Waals surface area contributed by atoms with E-state index in [4.69, 9.17) is 19.3 Å². The molecule has 3 aromatic heterocycles. The van der Waals surface area contributed by atoms with E-state index in [9.17, 15) is 0 Å². The Hall–Kier alpha value is -5.76. The molecule has 0 amide bonds. The first kappa shape index (κ1) is 54.0. The lowest BCUT2D eigenvalue weighted by Crippen LogP contribution is -2.41. The van der Waals surface area contributed by atoms with Crippen LogP contribution in [0.3, 0.4) is 0 Å². The molecular weight excluding hydrogens is 916 g/mol. The first-order valence-electron chi connectivity index (χ1n) is 27.4. The van der Waals surface area contributed by atoms with E-state index in [1.54, 1.807) is 0 Å². The number of rotatable bonds is 4. The van der Waals surface area contributed by atoms with Crippen molar-refractivity contribution in [2.75, 3.05) is 0 Å². The zero-order valence-corrected chi connectivity index (χ0v) is 49.6. The predicted octanol–water partition coefficient (Wildman–Crippen LogP) is 18.4. The summed E-state index contributed by atoms with van der Waals surface area (Å²) in [6.07, 6.45) is 6.67. The molecule has 6 heterocycles. The van der Waals surface area contributed by atoms with Crippen molar-refractivity contribution in [3.05, 3.63) is 141 Å². The zero-order chi connectivity index (χ0) is 55.0. The summed E-state index contributed by atoms with van der Waals surface area (Å²) < 4.78 is 13.8. The van der Waals surface area contributed by atoms with Crippen molar-refractivity contribution in [2.45, 2.75) is 196 Å². The summed E-state index contributed by atoms with van der Waals surface area (Å²) in [5.74, 6) is 0. The van der Waals surface area contributed by atoms with Gasteiger partial charge in [-0.25, -0.2) is 9.97 Å². The van der Waals surface area contributed by atoms with E-state index in [0.717, 1.165) is 83.7 Å². The van der Waals surface area contributed by atoms with Gasteiger partial charge in [-0.3, -0.25) is 0 Å². The Balaban J connectivity index is 1.50. The molecule has 9 rings (SSSR count). The number of fused-ring (bicyclic) bond motifs is 8. The maximum absolute atomic E-state index is 6.91. The fourth-order valence-corrected chi connectivity index (χ4v) is 10.2. The molecule has 0 saturated carbocycles. The summed E-state index contributed by atoms with van der Waals surface area (Å²) in [6.45, 7) is 50.0. The summed E-state index contributed by atoms with van der Waals surface area (Å²) in [5.41, 5.74) is 20.5. The lowest BCUT2D eigenvalue weighted by molar-refractivity contribution is 0.00578. The van der Waals surface area contributed by atoms with Gasteiger partial charge in [-0.2, -0.15) is 0 Å². The van der Waals surface area contributed by atoms with E-state index in [-0.39, 0.29) is 32.5 Å². The third-order valence-corrected chi connectivity index (χ3v) is 16.1. The van der Waals surface area contributed by atoms with Gasteiger partial charge in [0.05, 0.1) is 34.0 Å². The number of nitrogens with one attached hydrogen (secondary N) is 2. The van der Waals surface area contributed by atoms with Crippen LogP contribution in [-0.2, 0) is 41.8 Å². The van der Waals surface area contributed by atoms with Crippen molar-refractivity contribution in [1.29, 1.82) is 0 Å². The van der Waals surface area contributed by atoms with E-state index < -0.39 is 18.3 Å². The minimum atomic E-state index is -0.651. The molecule has 6 nitrogen and oxygen atoms in total. The molecule has 8 bridgehead atoms. The van der Waals surface area contributed by atoms with Gasteiger partial charge in [-0.05, 0) is 159 Å². The largest absolute Gasteiger partial charge is 0.497 e. The highest BCUT2D eigenvalue weighted by molar-refractivity contribution is 6.70. The maximum atomic E-state index is 6.91. The second kappa shape index (κ2) is 17.9. The van der Waals surface area contributed by atoms with Crippen LogP contribution in [0.4, 0.5) is 0 Å². The molecule has 392 valence electrons. The first-order valence-corrected chi connectivity index (χ1v) is 27.4. The maximum Gasteiger partial charge on any atom is 0.497 e. The average molecular weight is 1000 g/mol. The molecule has 1 fully saturated rings. The third-order valence-electron chi connectivity index (χ3n) is 16.1. The number of H-pyrrole nitrogens is 2. The minimum Gasteiger partial charge on any atom is -0.399 e. The summed E-state index contributed by atoms with van der Waals surface area (Å²) in [5, 5.41) is 0. The number of nitrogens with zero attached hydrogens (tertiary/aromatic N) is 2. The van der Waals surface area contributed by atoms with Gasteiger partial charge in [-0.1, -0.05) is 179 Å². The minimum absolute atomic E-state index is 0.0907. The highest BCUT2D eigenvalue weighted by Crippen LogP contribution is 2.46. The molecule has 6 aromatic rings. The molecule has 0 aliphatic carbocycles. The Bertz CT molecular complexity index is 3380. The van der Waals surface area contributed by atoms with Crippen LogP contribution in [0.25, 0.3) is 79.1 Å². The van der Waals surface area contributed by atoms with Crippen LogP contribution in [0, 0.1) is 0 Å². The lowest BCUT2D eigenvalue weighted by Gasteiger charge is -2.32. The SMILES string of the molecule is CC(C)(C)c1cc(-c2c3nc(c(-c4cc(C(C)(C)C)cc(C(C)(C)C)c4)c4ccc([nH]4)c(-c4cc(C(C)(C)C)cc(C(C)(C)C)c4)c4nc(cc5ccc2[nH]5)C(B2OC(C)(C)C(C)(C)O2)=C4)C=C3)cc(C(C)(C)C)c1. The van der Waals surface area contributed by atoms with Crippen LogP contribution in [0.15, 0.2) is 84.9 Å². The summed E-state index contributed by atoms with van der Waals surface area (Å²) in [6, 6.07) is 32.5. The van der Waals surface area contributed by atoms with Gasteiger partial charge in [0, 0.05) is 44.2 Å². The smallest absolute Gasteiger partial charge is 0.399 e. The molecule has 3 aliphatic rings. The van der Waals surface area contributed by atoms with Crippen molar-refractivity contribution >= 4 is 52.9 Å². The molecule has 7 heteroatoms. The van der Waals surface area contributed by atoms with Gasteiger partial charge in [0.25, 0.3) is 0 Å². The molecule has 0 radical (unpaired) electrons. The summed E-state index contributed by atoms with van der Waals surface area (Å²) >= 11 is 0. The number of hydrogen-bond donors (Lipinski definition) is 2. The van der Waals surface area contributed by atoms with E-state index in [0.29, 0.717) is 0 Å². The van der Waals surface area contributed by atoms with E-state index in [1.165, 1.54) is 33.4 Å². The van der Waals surface area contributed by atoms with Crippen LogP contribution in [0.1, 0.15) is 208 Å². The standard InChI is InChI=1S/C68H85BN4O2/c1-61(2,3)43-29-40(30-44(35-43)62(4,5)6)58-51-24-23-49(70-51)38-56-50(69-74-67(19,20)68(21,22)75-69)39-57(73-56)60(42-33-47(65(13,14)15)37-48(34-42)66(16,17)18)55-28-27-54(72-55)59(53-26-25-52(58)71-53)41-31-45(63(7,8)9)36-46(32-41)64(10,11)12/h23-39,70,72H,1-22H3. The van der Waals surface area contributed by atoms with Crippen LogP contribution >= 0.6 is 0 Å². The van der Waals surface area contributed by atoms with Gasteiger partial charge in [0.1, 0.15) is 0 Å². The van der Waals surface area contributed by atoms with Gasteiger partial charge >= 0.3 is 7.12 Å². The molecule has 2 N–H and O–H groups in total. The van der Waals surface area contributed by atoms with Gasteiger partial charge in [-0.15, -0.1) is 0 Å². The Kier molecular flexibility index (Phi) is 12.9. The molecule has 75 heavy (non-hydrogen) atoms. The second-order valence-electron chi connectivity index (χ2n) is 29.1. The zero-order valence-electron chi connectivity index (χ0n) is 49.6. The quantitative estimate of drug-likeness (QED) is 0.172. The van der Waals surface area contributed by atoms with Crippen molar-refractivity contribution in [3.8, 4) is 33.4 Å². The first-order chi connectivity index (χ1) is 34.4. The fraction of sp³-hybridized carbons (Fsp3) is 0.441. The molecule has 1 saturated heterocycles. The van der Waals surface area contributed by atoms with E-state index in [2.05, 4.69) is 265 Å². The number of aromatic nitrogens is 4. The lowest BCUT2D eigenvalue weighted by atomic mass is 9.76. The van der Waals surface area contributed by atoms with Crippen molar-refractivity contribution in [1.82, 2.24) is 19.9 Å². The Morgan fingerprint density at radius 1 is 0.387 bits per heavy atom. The normalized spacial score (nSPS) is 16.2. The van der Waals surface area contributed by atoms with Crippen molar-refractivity contribution in [3.63, 3.8) is 0 Å². The monoisotopic (exact) mass is 1000 g/mol. The van der Waals surface area contributed by atoms with E-state index in [1.807, 2.05) is 0 Å². The molecule has 0 unspecified atom stereocenters. The topological polar surface area (TPSA) is 75.8 Å². The second-order valence-corrected chi connectivity index (χ2v) is 29.1. The summed E-state index contributed by atoms with van der Waals surface area (Å²) in [4.78, 5) is 19.5. The average Bonchev–Trinajstić information content (AvgIpc) is 4.13. The van der Waals surface area contributed by atoms with Gasteiger partial charge < -0.3 is 19.3 Å². The highest BCUT2D eigenvalue weighted by Gasteiger charge is 2.53. The fourth-order valence-electron chi connectivity index (χ4n) is 10.2. The Labute approximate surface area is 450 Å². The van der Waals surface area contributed by atoms with Crippen LogP contribution < -0.4 is 0 Å². The number of benzene rings is 3. The van der Waals surface area contributed by atoms with Crippen LogP contribution in [0.5, 0.6) is 0 Å². The highest BCUT2D eigenvalue weighted by atomic mass is 16.7. The third kappa shape index (κ3) is 10.6. The van der Waals surface area contributed by atoms with Crippen LogP contribution in [-0.4, -0.2) is 38.3 Å². The van der Waals surface area contributed by atoms with Crippen molar-refractivity contribution < 1.29 is 9.31 Å². The Morgan fingerprint density at radius 2 is 0.707 bits per heavy atom. The number of hydrogen-bond acceptors (Lipinski definition) is 4. The van der Waals surface area contributed by atoms with Crippen molar-refractivity contribution in [2.24, 2.45) is 0 Å². The summed E-state index contributed by atoms with van der Waals surface area (Å²) in [7, 11) is -0.651. The van der Waals surface area contributed by atoms with Gasteiger partial charge in [0.2, 0.25) is 0 Å². The molecule has 0 atom stereocenters. The predicted molar refractivity (Wildman–Crippen MR) is 322 cm³/mol. The number of aromatic amines is 2. The van der Waals surface area contributed by atoms with Gasteiger partial charge in [0.15, 0.2) is 0 Å². The Morgan fingerprint density at radius 3 is 1.05 bits per heavy atom. The van der Waals surface area contributed by atoms with Crippen LogP contribution in [0.2, 0.25) is 0 Å². The molecule has 3 aromatic carbocycles. The van der Waals surface area contributed by atoms with E-state index >= 15 is 0 Å². The molecule has 0 spiro atoms.